The Balaban J connectivity index is 1.62. The number of benzene rings is 1. The molecule has 3 nitrogen and oxygen atoms in total. The molecular formula is C15H24N2O. The summed E-state index contributed by atoms with van der Waals surface area (Å²) in [5, 5.41) is 6.91. The van der Waals surface area contributed by atoms with E-state index in [4.69, 9.17) is 4.74 Å². The average molecular weight is 248 g/mol. The van der Waals surface area contributed by atoms with E-state index in [9.17, 15) is 0 Å². The van der Waals surface area contributed by atoms with Crippen LogP contribution in [-0.4, -0.2) is 39.9 Å². The summed E-state index contributed by atoms with van der Waals surface area (Å²) in [5.41, 5.74) is 1.91. The number of methoxy groups -OCH3 is 1. The molecule has 1 aromatic carbocycles. The van der Waals surface area contributed by atoms with E-state index in [1.165, 1.54) is 18.4 Å². The fraction of sp³-hybridized carbons (Fsp3) is 0.600. The zero-order valence-corrected chi connectivity index (χ0v) is 11.2. The highest BCUT2D eigenvalue weighted by molar-refractivity contribution is 5.31. The molecule has 1 aliphatic rings. The van der Waals surface area contributed by atoms with Gasteiger partial charge < -0.3 is 15.4 Å². The third-order valence-corrected chi connectivity index (χ3v) is 3.66. The maximum Gasteiger partial charge on any atom is 0.0587 e. The van der Waals surface area contributed by atoms with Crippen LogP contribution >= 0.6 is 0 Å². The lowest BCUT2D eigenvalue weighted by Gasteiger charge is -2.16. The summed E-state index contributed by atoms with van der Waals surface area (Å²) in [6.07, 6.45) is 2.64. The molecule has 0 saturated heterocycles. The zero-order chi connectivity index (χ0) is 12.7. The predicted molar refractivity (Wildman–Crippen MR) is 75.0 cm³/mol. The lowest BCUT2D eigenvalue weighted by atomic mass is 9.96. The van der Waals surface area contributed by atoms with Crippen molar-refractivity contribution in [2.45, 2.75) is 18.3 Å². The largest absolute Gasteiger partial charge is 0.383 e. The van der Waals surface area contributed by atoms with Gasteiger partial charge >= 0.3 is 0 Å². The van der Waals surface area contributed by atoms with Crippen LogP contribution in [0.1, 0.15) is 18.4 Å². The molecule has 3 heteroatoms. The van der Waals surface area contributed by atoms with Gasteiger partial charge in [0.1, 0.15) is 0 Å². The monoisotopic (exact) mass is 248 g/mol. The second-order valence-electron chi connectivity index (χ2n) is 5.07. The van der Waals surface area contributed by atoms with Crippen LogP contribution in [0.5, 0.6) is 0 Å². The second kappa shape index (κ2) is 6.88. The van der Waals surface area contributed by atoms with E-state index in [2.05, 4.69) is 41.0 Å². The highest BCUT2D eigenvalue weighted by atomic mass is 16.5. The molecular weight excluding hydrogens is 224 g/mol. The van der Waals surface area contributed by atoms with Crippen molar-refractivity contribution in [1.82, 2.24) is 10.6 Å². The smallest absolute Gasteiger partial charge is 0.0587 e. The van der Waals surface area contributed by atoms with Crippen LogP contribution in [0.2, 0.25) is 0 Å². The maximum atomic E-state index is 4.99. The summed E-state index contributed by atoms with van der Waals surface area (Å²) in [6.45, 7) is 4.85. The van der Waals surface area contributed by atoms with Gasteiger partial charge in [-0.15, -0.1) is 0 Å². The Labute approximate surface area is 110 Å². The first-order chi connectivity index (χ1) is 8.87. The molecule has 0 amide bonds. The molecule has 0 heterocycles. The molecule has 0 atom stereocenters. The number of nitrogens with one attached hydrogen (secondary N) is 2. The van der Waals surface area contributed by atoms with Crippen molar-refractivity contribution in [3.8, 4) is 0 Å². The van der Waals surface area contributed by atoms with Gasteiger partial charge in [0.25, 0.3) is 0 Å². The fourth-order valence-corrected chi connectivity index (χ4v) is 2.31. The Kier molecular flexibility index (Phi) is 5.17. The van der Waals surface area contributed by atoms with E-state index in [1.807, 2.05) is 0 Å². The lowest BCUT2D eigenvalue weighted by Crippen LogP contribution is -2.34. The highest BCUT2D eigenvalue weighted by Gasteiger charge is 2.43. The molecule has 100 valence electrons. The van der Waals surface area contributed by atoms with E-state index in [-0.39, 0.29) is 0 Å². The van der Waals surface area contributed by atoms with E-state index < -0.39 is 0 Å². The van der Waals surface area contributed by atoms with E-state index in [1.54, 1.807) is 7.11 Å². The third-order valence-electron chi connectivity index (χ3n) is 3.66. The fourth-order valence-electron chi connectivity index (χ4n) is 2.31. The molecule has 0 spiro atoms. The van der Waals surface area contributed by atoms with Gasteiger partial charge in [-0.3, -0.25) is 0 Å². The number of hydrogen-bond acceptors (Lipinski definition) is 3. The minimum Gasteiger partial charge on any atom is -0.383 e. The molecule has 1 aliphatic carbocycles. The Morgan fingerprint density at radius 3 is 2.44 bits per heavy atom. The summed E-state index contributed by atoms with van der Waals surface area (Å²) in [7, 11) is 1.73. The molecule has 18 heavy (non-hydrogen) atoms. The Bertz CT molecular complexity index is 336. The normalized spacial score (nSPS) is 16.7. The lowest BCUT2D eigenvalue weighted by molar-refractivity contribution is 0.199. The van der Waals surface area contributed by atoms with Crippen LogP contribution in [0.15, 0.2) is 30.3 Å². The summed E-state index contributed by atoms with van der Waals surface area (Å²) in [4.78, 5) is 0. The van der Waals surface area contributed by atoms with Gasteiger partial charge in [0.05, 0.1) is 6.61 Å². The molecule has 1 saturated carbocycles. The summed E-state index contributed by atoms with van der Waals surface area (Å²) in [5.74, 6) is 0. The Morgan fingerprint density at radius 2 is 1.78 bits per heavy atom. The van der Waals surface area contributed by atoms with Gasteiger partial charge in [0.15, 0.2) is 0 Å². The Morgan fingerprint density at radius 1 is 1.06 bits per heavy atom. The first-order valence-corrected chi connectivity index (χ1v) is 6.83. The van der Waals surface area contributed by atoms with Gasteiger partial charge in [-0.2, -0.15) is 0 Å². The maximum absolute atomic E-state index is 4.99. The van der Waals surface area contributed by atoms with Gasteiger partial charge in [-0.25, -0.2) is 0 Å². The van der Waals surface area contributed by atoms with E-state index >= 15 is 0 Å². The van der Waals surface area contributed by atoms with Crippen LogP contribution < -0.4 is 10.6 Å². The molecule has 2 N–H and O–H groups in total. The van der Waals surface area contributed by atoms with Gasteiger partial charge in [-0.1, -0.05) is 30.3 Å². The first-order valence-electron chi connectivity index (χ1n) is 6.83. The van der Waals surface area contributed by atoms with Crippen LogP contribution in [0.25, 0.3) is 0 Å². The minimum atomic E-state index is 0.424. The van der Waals surface area contributed by atoms with E-state index in [0.29, 0.717) is 5.41 Å². The van der Waals surface area contributed by atoms with Gasteiger partial charge in [0.2, 0.25) is 0 Å². The zero-order valence-electron chi connectivity index (χ0n) is 11.2. The van der Waals surface area contributed by atoms with Crippen LogP contribution in [0, 0.1) is 0 Å². The number of hydrogen-bond donors (Lipinski definition) is 2. The summed E-state index contributed by atoms with van der Waals surface area (Å²) >= 11 is 0. The number of ether oxygens (including phenoxy) is 1. The molecule has 0 unspecified atom stereocenters. The molecule has 0 radical (unpaired) electrons. The Hall–Kier alpha value is -0.900. The van der Waals surface area contributed by atoms with Crippen molar-refractivity contribution in [2.24, 2.45) is 0 Å². The highest BCUT2D eigenvalue weighted by Crippen LogP contribution is 2.47. The second-order valence-corrected chi connectivity index (χ2v) is 5.07. The molecule has 0 aromatic heterocycles. The predicted octanol–water partition coefficient (Wildman–Crippen LogP) is 1.54. The minimum absolute atomic E-state index is 0.424. The van der Waals surface area contributed by atoms with Crippen molar-refractivity contribution >= 4 is 0 Å². The van der Waals surface area contributed by atoms with Crippen molar-refractivity contribution in [2.75, 3.05) is 39.9 Å². The molecule has 0 aliphatic heterocycles. The summed E-state index contributed by atoms with van der Waals surface area (Å²) < 4.78 is 4.99. The average Bonchev–Trinajstić information content (AvgIpc) is 3.20. The van der Waals surface area contributed by atoms with Crippen molar-refractivity contribution < 1.29 is 4.74 Å². The quantitative estimate of drug-likeness (QED) is 0.650. The van der Waals surface area contributed by atoms with E-state index in [0.717, 1.165) is 32.8 Å². The standard InChI is InChI=1S/C15H24N2O/c1-18-12-11-16-9-10-17-13-15(7-8-15)14-5-3-2-4-6-14/h2-6,16-17H,7-13H2,1H3. The molecule has 1 aromatic rings. The first kappa shape index (κ1) is 13.5. The van der Waals surface area contributed by atoms with Crippen molar-refractivity contribution in [3.05, 3.63) is 35.9 Å². The van der Waals surface area contributed by atoms with Crippen LogP contribution in [0.4, 0.5) is 0 Å². The third kappa shape index (κ3) is 3.80. The topological polar surface area (TPSA) is 33.3 Å². The van der Waals surface area contributed by atoms with Gasteiger partial charge in [-0.05, 0) is 18.4 Å². The molecule has 1 fully saturated rings. The molecule has 2 rings (SSSR count). The SMILES string of the molecule is COCCNCCNCC1(c2ccccc2)CC1. The van der Waals surface area contributed by atoms with Crippen LogP contribution in [-0.2, 0) is 10.2 Å². The van der Waals surface area contributed by atoms with Gasteiger partial charge in [0, 0.05) is 38.7 Å². The van der Waals surface area contributed by atoms with Crippen molar-refractivity contribution in [1.29, 1.82) is 0 Å². The summed E-state index contributed by atoms with van der Waals surface area (Å²) in [6, 6.07) is 10.9. The van der Waals surface area contributed by atoms with Crippen molar-refractivity contribution in [3.63, 3.8) is 0 Å². The van der Waals surface area contributed by atoms with Crippen LogP contribution in [0.3, 0.4) is 0 Å². The number of rotatable bonds is 9. The molecule has 0 bridgehead atoms.